The van der Waals surface area contributed by atoms with Gasteiger partial charge in [-0.3, -0.25) is 4.79 Å². The number of carbonyl (C=O) groups excluding carboxylic acids is 1. The summed E-state index contributed by atoms with van der Waals surface area (Å²) < 4.78 is 0. The summed E-state index contributed by atoms with van der Waals surface area (Å²) >= 11 is 5.61. The van der Waals surface area contributed by atoms with Crippen LogP contribution in [-0.4, -0.2) is 5.24 Å². The van der Waals surface area contributed by atoms with Crippen LogP contribution >= 0.6 is 11.6 Å². The lowest BCUT2D eigenvalue weighted by Gasteiger charge is -2.32. The standard InChI is InChI=1S/C10H15ClO/c1-2-6-10(9(11)12)7-4-3-5-8-10/h2H,1,3-8H2. The smallest absolute Gasteiger partial charge is 0.228 e. The third-order valence-corrected chi connectivity index (χ3v) is 3.16. The van der Waals surface area contributed by atoms with Crippen molar-refractivity contribution < 1.29 is 4.79 Å². The molecule has 1 nitrogen and oxygen atoms in total. The lowest BCUT2D eigenvalue weighted by atomic mass is 9.73. The van der Waals surface area contributed by atoms with E-state index in [0.717, 1.165) is 32.1 Å². The largest absolute Gasteiger partial charge is 0.281 e. The summed E-state index contributed by atoms with van der Waals surface area (Å²) in [6.45, 7) is 3.67. The summed E-state index contributed by atoms with van der Waals surface area (Å²) in [5, 5.41) is -0.165. The zero-order valence-corrected chi connectivity index (χ0v) is 8.07. The highest BCUT2D eigenvalue weighted by Gasteiger charge is 2.36. The van der Waals surface area contributed by atoms with Crippen LogP contribution in [-0.2, 0) is 4.79 Å². The Balaban J connectivity index is 2.69. The summed E-state index contributed by atoms with van der Waals surface area (Å²) in [4.78, 5) is 11.2. The van der Waals surface area contributed by atoms with E-state index in [4.69, 9.17) is 11.6 Å². The third kappa shape index (κ3) is 1.89. The Morgan fingerprint density at radius 2 is 2.00 bits per heavy atom. The molecule has 0 amide bonds. The van der Waals surface area contributed by atoms with Crippen LogP contribution in [0.15, 0.2) is 12.7 Å². The van der Waals surface area contributed by atoms with Crippen LogP contribution in [0.2, 0.25) is 0 Å². The van der Waals surface area contributed by atoms with Gasteiger partial charge < -0.3 is 0 Å². The third-order valence-electron chi connectivity index (χ3n) is 2.76. The molecule has 0 N–H and O–H groups in total. The molecule has 0 heterocycles. The molecule has 1 aliphatic carbocycles. The number of hydrogen-bond donors (Lipinski definition) is 0. The van der Waals surface area contributed by atoms with Gasteiger partial charge in [-0.1, -0.05) is 25.3 Å². The van der Waals surface area contributed by atoms with Crippen molar-refractivity contribution in [3.63, 3.8) is 0 Å². The van der Waals surface area contributed by atoms with Crippen molar-refractivity contribution in [1.82, 2.24) is 0 Å². The van der Waals surface area contributed by atoms with Crippen LogP contribution in [0.3, 0.4) is 0 Å². The van der Waals surface area contributed by atoms with E-state index in [-0.39, 0.29) is 10.7 Å². The Morgan fingerprint density at radius 1 is 1.42 bits per heavy atom. The number of rotatable bonds is 3. The van der Waals surface area contributed by atoms with Gasteiger partial charge in [-0.15, -0.1) is 6.58 Å². The van der Waals surface area contributed by atoms with Crippen LogP contribution in [0.4, 0.5) is 0 Å². The van der Waals surface area contributed by atoms with E-state index in [2.05, 4.69) is 6.58 Å². The summed E-state index contributed by atoms with van der Waals surface area (Å²) in [5.74, 6) is 0. The van der Waals surface area contributed by atoms with E-state index in [1.807, 2.05) is 6.08 Å². The fourth-order valence-corrected chi connectivity index (χ4v) is 2.25. The van der Waals surface area contributed by atoms with Gasteiger partial charge in [-0.05, 0) is 30.9 Å². The second-order valence-electron chi connectivity index (χ2n) is 3.61. The second-order valence-corrected chi connectivity index (χ2v) is 3.95. The maximum atomic E-state index is 11.2. The van der Waals surface area contributed by atoms with Crippen LogP contribution in [0, 0.1) is 5.41 Å². The molecule has 0 radical (unpaired) electrons. The second kappa shape index (κ2) is 4.08. The minimum absolute atomic E-state index is 0.165. The predicted molar refractivity (Wildman–Crippen MR) is 51.2 cm³/mol. The first-order valence-corrected chi connectivity index (χ1v) is 4.90. The molecular weight excluding hydrogens is 172 g/mol. The highest BCUT2D eigenvalue weighted by molar-refractivity contribution is 6.64. The number of hydrogen-bond acceptors (Lipinski definition) is 1. The molecule has 0 aromatic heterocycles. The average molecular weight is 187 g/mol. The normalized spacial score (nSPS) is 21.8. The van der Waals surface area contributed by atoms with Crippen LogP contribution in [0.25, 0.3) is 0 Å². The van der Waals surface area contributed by atoms with Gasteiger partial charge in [0.2, 0.25) is 5.24 Å². The summed E-state index contributed by atoms with van der Waals surface area (Å²) in [7, 11) is 0. The van der Waals surface area contributed by atoms with E-state index >= 15 is 0 Å². The SMILES string of the molecule is C=CCC1(C(=O)Cl)CCCCC1. The van der Waals surface area contributed by atoms with Gasteiger partial charge in [0.15, 0.2) is 0 Å². The fourth-order valence-electron chi connectivity index (χ4n) is 1.99. The van der Waals surface area contributed by atoms with Gasteiger partial charge in [-0.2, -0.15) is 0 Å². The molecule has 0 saturated heterocycles. The number of halogens is 1. The Kier molecular flexibility index (Phi) is 3.33. The highest BCUT2D eigenvalue weighted by Crippen LogP contribution is 2.41. The van der Waals surface area contributed by atoms with Crippen molar-refractivity contribution in [2.45, 2.75) is 38.5 Å². The lowest BCUT2D eigenvalue weighted by molar-refractivity contribution is -0.122. The van der Waals surface area contributed by atoms with Crippen LogP contribution in [0.5, 0.6) is 0 Å². The van der Waals surface area contributed by atoms with Crippen LogP contribution in [0.1, 0.15) is 38.5 Å². The van der Waals surface area contributed by atoms with E-state index in [1.54, 1.807) is 0 Å². The highest BCUT2D eigenvalue weighted by atomic mass is 35.5. The Morgan fingerprint density at radius 3 is 2.42 bits per heavy atom. The van der Waals surface area contributed by atoms with Gasteiger partial charge in [0.05, 0.1) is 0 Å². The van der Waals surface area contributed by atoms with Gasteiger partial charge in [0.1, 0.15) is 0 Å². The van der Waals surface area contributed by atoms with Crippen molar-refractivity contribution in [1.29, 1.82) is 0 Å². The fraction of sp³-hybridized carbons (Fsp3) is 0.700. The molecule has 0 bridgehead atoms. The zero-order chi connectivity index (χ0) is 9.03. The minimum Gasteiger partial charge on any atom is -0.281 e. The molecule has 1 aliphatic rings. The number of carbonyl (C=O) groups is 1. The topological polar surface area (TPSA) is 17.1 Å². The molecule has 68 valence electrons. The predicted octanol–water partition coefficient (Wildman–Crippen LogP) is 3.28. The van der Waals surface area contributed by atoms with Crippen molar-refractivity contribution >= 4 is 16.8 Å². The van der Waals surface area contributed by atoms with Crippen molar-refractivity contribution in [3.05, 3.63) is 12.7 Å². The summed E-state index contributed by atoms with van der Waals surface area (Å²) in [6, 6.07) is 0. The molecule has 12 heavy (non-hydrogen) atoms. The maximum Gasteiger partial charge on any atom is 0.228 e. The van der Waals surface area contributed by atoms with Gasteiger partial charge in [-0.25, -0.2) is 0 Å². The quantitative estimate of drug-likeness (QED) is 0.489. The number of allylic oxidation sites excluding steroid dienone is 1. The van der Waals surface area contributed by atoms with E-state index < -0.39 is 0 Å². The molecule has 0 atom stereocenters. The molecule has 2 heteroatoms. The molecule has 1 fully saturated rings. The molecule has 0 aromatic rings. The summed E-state index contributed by atoms with van der Waals surface area (Å²) in [6.07, 6.45) is 7.95. The van der Waals surface area contributed by atoms with Gasteiger partial charge in [0.25, 0.3) is 0 Å². The molecule has 0 aliphatic heterocycles. The zero-order valence-electron chi connectivity index (χ0n) is 7.31. The lowest BCUT2D eigenvalue weighted by Crippen LogP contribution is -2.29. The molecule has 0 spiro atoms. The average Bonchev–Trinajstić information content (AvgIpc) is 2.06. The van der Waals surface area contributed by atoms with Gasteiger partial charge >= 0.3 is 0 Å². The van der Waals surface area contributed by atoms with Crippen molar-refractivity contribution in [2.75, 3.05) is 0 Å². The first-order valence-electron chi connectivity index (χ1n) is 4.52. The first-order chi connectivity index (χ1) is 5.71. The van der Waals surface area contributed by atoms with E-state index in [0.29, 0.717) is 0 Å². The molecule has 1 saturated carbocycles. The monoisotopic (exact) mass is 186 g/mol. The summed E-state index contributed by atoms with van der Waals surface area (Å²) in [5.41, 5.74) is -0.262. The van der Waals surface area contributed by atoms with Crippen LogP contribution < -0.4 is 0 Å². The Hall–Kier alpha value is -0.300. The van der Waals surface area contributed by atoms with Crippen molar-refractivity contribution in [2.24, 2.45) is 5.41 Å². The Bertz CT molecular complexity index is 180. The van der Waals surface area contributed by atoms with Gasteiger partial charge in [0, 0.05) is 5.41 Å². The van der Waals surface area contributed by atoms with E-state index in [9.17, 15) is 4.79 Å². The maximum absolute atomic E-state index is 11.2. The Labute approximate surface area is 78.8 Å². The molecular formula is C10H15ClO. The molecule has 0 unspecified atom stereocenters. The minimum atomic E-state index is -0.262. The van der Waals surface area contributed by atoms with Crippen molar-refractivity contribution in [3.8, 4) is 0 Å². The molecule has 0 aromatic carbocycles. The van der Waals surface area contributed by atoms with E-state index in [1.165, 1.54) is 6.42 Å². The molecule has 1 rings (SSSR count). The first kappa shape index (κ1) is 9.79.